The lowest BCUT2D eigenvalue weighted by molar-refractivity contribution is -0.145. The van der Waals surface area contributed by atoms with Crippen LogP contribution in [0, 0.1) is 0 Å². The van der Waals surface area contributed by atoms with Gasteiger partial charge in [0.15, 0.2) is 17.3 Å². The third-order valence-corrected chi connectivity index (χ3v) is 7.98. The number of ether oxygens (including phenoxy) is 2. The van der Waals surface area contributed by atoms with Crippen LogP contribution in [0.25, 0.3) is 0 Å². The molecule has 224 valence electrons. The van der Waals surface area contributed by atoms with Crippen molar-refractivity contribution >= 4 is 23.3 Å². The fraction of sp³-hybridized carbons (Fsp3) is 0.444. The molecule has 0 bridgehead atoms. The van der Waals surface area contributed by atoms with Crippen LogP contribution >= 0.6 is 0 Å². The van der Waals surface area contributed by atoms with Crippen LogP contribution in [-0.2, 0) is 23.9 Å². The average Bonchev–Trinajstić information content (AvgIpc) is 3.02. The zero-order valence-corrected chi connectivity index (χ0v) is 25.5. The van der Waals surface area contributed by atoms with Crippen molar-refractivity contribution < 1.29 is 28.7 Å². The standard InChI is InChI=1S/C36H44O6/c1-5-30-32(37)26(3)31(34(39)35(30)41-4)22-15-10-8-6-7-9-11-16-23-42-36(40)25(2)28-20-17-21-29(24-28)33(38)27-18-13-12-14-19-27/h12-14,17-21,24-25H,5-11,15-16,22-23H2,1-4H3/t25-/m1/s1. The Balaban J connectivity index is 1.28. The predicted octanol–water partition coefficient (Wildman–Crippen LogP) is 7.85. The van der Waals surface area contributed by atoms with Crippen molar-refractivity contribution in [1.29, 1.82) is 0 Å². The number of benzene rings is 2. The Morgan fingerprint density at radius 3 is 2.02 bits per heavy atom. The molecule has 0 radical (unpaired) electrons. The Hall–Kier alpha value is -3.80. The van der Waals surface area contributed by atoms with E-state index in [-0.39, 0.29) is 29.1 Å². The number of hydrogen-bond donors (Lipinski definition) is 0. The summed E-state index contributed by atoms with van der Waals surface area (Å²) in [6.07, 6.45) is 9.20. The third-order valence-electron chi connectivity index (χ3n) is 7.98. The summed E-state index contributed by atoms with van der Waals surface area (Å²) in [5.41, 5.74) is 3.61. The fourth-order valence-electron chi connectivity index (χ4n) is 5.35. The van der Waals surface area contributed by atoms with E-state index in [9.17, 15) is 19.2 Å². The lowest BCUT2D eigenvalue weighted by atomic mass is 9.85. The van der Waals surface area contributed by atoms with Crippen molar-refractivity contribution in [2.45, 2.75) is 90.9 Å². The predicted molar refractivity (Wildman–Crippen MR) is 164 cm³/mol. The van der Waals surface area contributed by atoms with E-state index in [4.69, 9.17) is 9.47 Å². The first kappa shape index (κ1) is 32.7. The molecule has 0 heterocycles. The van der Waals surface area contributed by atoms with E-state index in [1.807, 2.05) is 38.1 Å². The van der Waals surface area contributed by atoms with Gasteiger partial charge < -0.3 is 9.47 Å². The molecule has 6 nitrogen and oxygen atoms in total. The molecule has 0 N–H and O–H groups in total. The van der Waals surface area contributed by atoms with Crippen molar-refractivity contribution in [3.8, 4) is 0 Å². The minimum Gasteiger partial charge on any atom is -0.492 e. The van der Waals surface area contributed by atoms with E-state index in [0.29, 0.717) is 47.3 Å². The summed E-state index contributed by atoms with van der Waals surface area (Å²) >= 11 is 0. The number of methoxy groups -OCH3 is 1. The molecule has 0 aromatic heterocycles. The van der Waals surface area contributed by atoms with Gasteiger partial charge in [-0.1, -0.05) is 94.0 Å². The van der Waals surface area contributed by atoms with E-state index in [1.165, 1.54) is 7.11 Å². The normalized spacial score (nSPS) is 14.3. The zero-order valence-electron chi connectivity index (χ0n) is 25.5. The molecule has 1 aliphatic carbocycles. The smallest absolute Gasteiger partial charge is 0.313 e. The highest BCUT2D eigenvalue weighted by atomic mass is 16.5. The molecule has 2 aromatic rings. The van der Waals surface area contributed by atoms with Gasteiger partial charge in [0.25, 0.3) is 0 Å². The molecule has 0 fully saturated rings. The maximum atomic E-state index is 12.8. The Morgan fingerprint density at radius 1 is 0.762 bits per heavy atom. The maximum absolute atomic E-state index is 12.8. The molecule has 2 aromatic carbocycles. The number of hydrogen-bond acceptors (Lipinski definition) is 6. The Labute approximate surface area is 250 Å². The van der Waals surface area contributed by atoms with Crippen LogP contribution in [0.15, 0.2) is 77.1 Å². The molecule has 1 atom stereocenters. The van der Waals surface area contributed by atoms with E-state index < -0.39 is 5.92 Å². The summed E-state index contributed by atoms with van der Waals surface area (Å²) in [6, 6.07) is 16.3. The minimum absolute atomic E-state index is 0.0615. The highest BCUT2D eigenvalue weighted by Crippen LogP contribution is 2.30. The molecule has 3 rings (SSSR count). The van der Waals surface area contributed by atoms with Gasteiger partial charge in [0, 0.05) is 27.8 Å². The third kappa shape index (κ3) is 8.60. The Morgan fingerprint density at radius 2 is 1.38 bits per heavy atom. The molecule has 6 heteroatoms. The molecule has 0 aliphatic heterocycles. The Bertz CT molecular complexity index is 1320. The molecule has 0 saturated heterocycles. The summed E-state index contributed by atoms with van der Waals surface area (Å²) in [5, 5.41) is 0. The minimum atomic E-state index is -0.444. The molecule has 42 heavy (non-hydrogen) atoms. The van der Waals surface area contributed by atoms with Gasteiger partial charge >= 0.3 is 5.97 Å². The van der Waals surface area contributed by atoms with Crippen molar-refractivity contribution in [3.63, 3.8) is 0 Å². The van der Waals surface area contributed by atoms with Crippen LogP contribution in [-0.4, -0.2) is 37.0 Å². The molecular formula is C36H44O6. The van der Waals surface area contributed by atoms with Crippen LogP contribution in [0.3, 0.4) is 0 Å². The number of unbranched alkanes of at least 4 members (excludes halogenated alkanes) is 7. The number of allylic oxidation sites excluding steroid dienone is 3. The van der Waals surface area contributed by atoms with Crippen LogP contribution in [0.1, 0.15) is 112 Å². The molecule has 0 unspecified atom stereocenters. The van der Waals surface area contributed by atoms with Crippen molar-refractivity contribution in [1.82, 2.24) is 0 Å². The van der Waals surface area contributed by atoms with Gasteiger partial charge in [0.05, 0.1) is 19.6 Å². The van der Waals surface area contributed by atoms with Gasteiger partial charge in [-0.25, -0.2) is 0 Å². The summed E-state index contributed by atoms with van der Waals surface area (Å²) in [5.74, 6) is -0.762. The quantitative estimate of drug-likeness (QED) is 0.0830. The van der Waals surface area contributed by atoms with Crippen LogP contribution < -0.4 is 0 Å². The van der Waals surface area contributed by atoms with E-state index in [2.05, 4.69) is 0 Å². The lowest BCUT2D eigenvalue weighted by Crippen LogP contribution is -2.24. The second-order valence-electron chi connectivity index (χ2n) is 10.9. The van der Waals surface area contributed by atoms with Crippen LogP contribution in [0.4, 0.5) is 0 Å². The van der Waals surface area contributed by atoms with Gasteiger partial charge in [-0.2, -0.15) is 0 Å². The second kappa shape index (κ2) is 16.6. The number of Topliss-reactive ketones (excluding diaryl/α,β-unsaturated/α-hetero) is 2. The first-order chi connectivity index (χ1) is 20.3. The summed E-state index contributed by atoms with van der Waals surface area (Å²) in [7, 11) is 1.45. The van der Waals surface area contributed by atoms with Gasteiger partial charge in [0.1, 0.15) is 0 Å². The highest BCUT2D eigenvalue weighted by Gasteiger charge is 2.32. The zero-order chi connectivity index (χ0) is 30.5. The molecule has 0 spiro atoms. The maximum Gasteiger partial charge on any atom is 0.313 e. The monoisotopic (exact) mass is 572 g/mol. The SMILES string of the molecule is CCC1=C(OC)C(=O)C(CCCCCCCCCCOC(=O)[C@H](C)c2cccc(C(=O)c3ccccc3)c2)=C(C)C1=O. The van der Waals surface area contributed by atoms with Gasteiger partial charge in [0.2, 0.25) is 5.78 Å². The summed E-state index contributed by atoms with van der Waals surface area (Å²) in [6.45, 7) is 5.82. The number of carbonyl (C=O) groups excluding carboxylic acids is 4. The summed E-state index contributed by atoms with van der Waals surface area (Å²) < 4.78 is 10.8. The Kier molecular flexibility index (Phi) is 12.9. The van der Waals surface area contributed by atoms with Gasteiger partial charge in [-0.15, -0.1) is 0 Å². The largest absolute Gasteiger partial charge is 0.492 e. The van der Waals surface area contributed by atoms with Crippen molar-refractivity contribution in [2.24, 2.45) is 0 Å². The van der Waals surface area contributed by atoms with Crippen LogP contribution in [0.5, 0.6) is 0 Å². The van der Waals surface area contributed by atoms with Crippen molar-refractivity contribution in [3.05, 3.63) is 93.8 Å². The number of carbonyl (C=O) groups is 4. The molecular weight excluding hydrogens is 528 g/mol. The van der Waals surface area contributed by atoms with E-state index in [1.54, 1.807) is 37.3 Å². The second-order valence-corrected chi connectivity index (χ2v) is 10.9. The number of ketones is 3. The fourth-order valence-corrected chi connectivity index (χ4v) is 5.35. The first-order valence-corrected chi connectivity index (χ1v) is 15.2. The number of rotatable bonds is 17. The van der Waals surface area contributed by atoms with E-state index >= 15 is 0 Å². The average molecular weight is 573 g/mol. The lowest BCUT2D eigenvalue weighted by Gasteiger charge is -2.20. The number of esters is 1. The molecule has 1 aliphatic rings. The summed E-state index contributed by atoms with van der Waals surface area (Å²) in [4.78, 5) is 50.7. The molecule has 0 amide bonds. The van der Waals surface area contributed by atoms with Gasteiger partial charge in [-0.05, 0) is 51.2 Å². The molecule has 0 saturated carbocycles. The van der Waals surface area contributed by atoms with Crippen molar-refractivity contribution in [2.75, 3.05) is 13.7 Å². The van der Waals surface area contributed by atoms with Gasteiger partial charge in [-0.3, -0.25) is 19.2 Å². The first-order valence-electron chi connectivity index (χ1n) is 15.2. The topological polar surface area (TPSA) is 86.7 Å². The highest BCUT2D eigenvalue weighted by molar-refractivity contribution is 6.24. The van der Waals surface area contributed by atoms with E-state index in [0.717, 1.165) is 56.9 Å². The van der Waals surface area contributed by atoms with Crippen LogP contribution in [0.2, 0.25) is 0 Å².